The summed E-state index contributed by atoms with van der Waals surface area (Å²) in [5.41, 5.74) is -0.170. The minimum Gasteiger partial charge on any atom is -0.462 e. The Bertz CT molecular complexity index is 1200. The number of nitrogens with one attached hydrogen (secondary N) is 1. The molecule has 32 heavy (non-hydrogen) atoms. The summed E-state index contributed by atoms with van der Waals surface area (Å²) in [5, 5.41) is 0. The molecule has 0 spiro atoms. The lowest BCUT2D eigenvalue weighted by molar-refractivity contribution is 0.00476. The highest BCUT2D eigenvalue weighted by atomic mass is 16.6. The van der Waals surface area contributed by atoms with E-state index in [1.54, 1.807) is 60.7 Å². The molecule has 0 radical (unpaired) electrons. The number of aromatic amines is 1. The number of hydrogen-bond donors (Lipinski definition) is 1. The van der Waals surface area contributed by atoms with Crippen molar-refractivity contribution in [2.45, 2.75) is 25.0 Å². The molecule has 0 aliphatic heterocycles. The number of nitrogens with zero attached hydrogens (tertiary/aromatic N) is 1. The van der Waals surface area contributed by atoms with E-state index in [0.717, 1.165) is 0 Å². The van der Waals surface area contributed by atoms with Gasteiger partial charge in [-0.3, -0.25) is 14.3 Å². The van der Waals surface area contributed by atoms with Crippen LogP contribution in [0, 0.1) is 5.92 Å². The van der Waals surface area contributed by atoms with Crippen molar-refractivity contribution in [1.29, 1.82) is 0 Å². The zero-order chi connectivity index (χ0) is 22.5. The monoisotopic (exact) mass is 434 g/mol. The summed E-state index contributed by atoms with van der Waals surface area (Å²) in [6.07, 6.45) is 1.68. The van der Waals surface area contributed by atoms with Gasteiger partial charge in [-0.25, -0.2) is 14.4 Å². The zero-order valence-corrected chi connectivity index (χ0v) is 17.2. The highest BCUT2D eigenvalue weighted by Crippen LogP contribution is 2.36. The molecule has 0 amide bonds. The maximum Gasteiger partial charge on any atom is 0.338 e. The lowest BCUT2D eigenvalue weighted by Crippen LogP contribution is -2.31. The Morgan fingerprint density at radius 3 is 2.12 bits per heavy atom. The van der Waals surface area contributed by atoms with E-state index in [1.165, 1.54) is 16.8 Å². The van der Waals surface area contributed by atoms with Gasteiger partial charge in [0.1, 0.15) is 6.10 Å². The van der Waals surface area contributed by atoms with E-state index >= 15 is 0 Å². The first-order chi connectivity index (χ1) is 15.5. The minimum atomic E-state index is -0.560. The highest BCUT2D eigenvalue weighted by molar-refractivity contribution is 5.90. The molecule has 1 aromatic heterocycles. The minimum absolute atomic E-state index is 0.0368. The van der Waals surface area contributed by atoms with Crippen molar-refractivity contribution >= 4 is 11.9 Å². The van der Waals surface area contributed by atoms with E-state index in [4.69, 9.17) is 9.47 Å². The van der Waals surface area contributed by atoms with Gasteiger partial charge in [-0.05, 0) is 30.7 Å². The largest absolute Gasteiger partial charge is 0.462 e. The Balaban J connectivity index is 1.51. The summed E-state index contributed by atoms with van der Waals surface area (Å²) >= 11 is 0. The average molecular weight is 434 g/mol. The Kier molecular flexibility index (Phi) is 6.30. The molecule has 1 aliphatic carbocycles. The molecule has 1 N–H and O–H groups in total. The molecule has 8 nitrogen and oxygen atoms in total. The van der Waals surface area contributed by atoms with Gasteiger partial charge in [0.25, 0.3) is 5.56 Å². The lowest BCUT2D eigenvalue weighted by atomic mass is 10.1. The van der Waals surface area contributed by atoms with Crippen molar-refractivity contribution in [3.63, 3.8) is 0 Å². The van der Waals surface area contributed by atoms with Crippen LogP contribution in [0.4, 0.5) is 0 Å². The third-order valence-corrected chi connectivity index (χ3v) is 5.56. The summed E-state index contributed by atoms with van der Waals surface area (Å²) < 4.78 is 12.7. The molecule has 3 aromatic rings. The van der Waals surface area contributed by atoms with E-state index in [1.807, 2.05) is 0 Å². The number of esters is 2. The van der Waals surface area contributed by atoms with Crippen LogP contribution in [-0.4, -0.2) is 34.2 Å². The molecular formula is C24H22N2O6. The van der Waals surface area contributed by atoms with Crippen molar-refractivity contribution in [2.75, 3.05) is 6.61 Å². The smallest absolute Gasteiger partial charge is 0.338 e. The Morgan fingerprint density at radius 2 is 1.50 bits per heavy atom. The van der Waals surface area contributed by atoms with Gasteiger partial charge >= 0.3 is 17.6 Å². The predicted molar refractivity (Wildman–Crippen MR) is 115 cm³/mol. The van der Waals surface area contributed by atoms with Gasteiger partial charge in [-0.1, -0.05) is 36.4 Å². The number of aromatic nitrogens is 2. The first-order valence-electron chi connectivity index (χ1n) is 10.3. The van der Waals surface area contributed by atoms with Gasteiger partial charge in [0, 0.05) is 30.6 Å². The third kappa shape index (κ3) is 4.85. The quantitative estimate of drug-likeness (QED) is 0.598. The van der Waals surface area contributed by atoms with Crippen molar-refractivity contribution in [3.8, 4) is 0 Å². The summed E-state index contributed by atoms with van der Waals surface area (Å²) in [6, 6.07) is 18.2. The van der Waals surface area contributed by atoms with E-state index < -0.39 is 29.3 Å². The van der Waals surface area contributed by atoms with Crippen molar-refractivity contribution in [3.05, 3.63) is 105 Å². The topological polar surface area (TPSA) is 107 Å². The third-order valence-electron chi connectivity index (χ3n) is 5.56. The fourth-order valence-corrected chi connectivity index (χ4v) is 3.94. The van der Waals surface area contributed by atoms with Crippen molar-refractivity contribution in [2.24, 2.45) is 5.92 Å². The molecule has 8 heteroatoms. The molecule has 164 valence electrons. The first kappa shape index (κ1) is 21.3. The van der Waals surface area contributed by atoms with Gasteiger partial charge in [-0.15, -0.1) is 0 Å². The molecule has 0 saturated heterocycles. The molecule has 1 fully saturated rings. The number of H-pyrrole nitrogens is 1. The number of carbonyl (C=O) groups is 2. The molecular weight excluding hydrogens is 412 g/mol. The number of ether oxygens (including phenoxy) is 2. The van der Waals surface area contributed by atoms with Crippen LogP contribution in [0.5, 0.6) is 0 Å². The molecule has 2 aromatic carbocycles. The van der Waals surface area contributed by atoms with E-state index in [0.29, 0.717) is 24.0 Å². The summed E-state index contributed by atoms with van der Waals surface area (Å²) in [5.74, 6) is -1.26. The lowest BCUT2D eigenvalue weighted by Gasteiger charge is -2.19. The molecule has 4 rings (SSSR count). The summed E-state index contributed by atoms with van der Waals surface area (Å²) in [4.78, 5) is 50.9. The fourth-order valence-electron chi connectivity index (χ4n) is 3.94. The second-order valence-corrected chi connectivity index (χ2v) is 7.68. The standard InChI is InChI=1S/C24H22N2O6/c27-21-11-12-26(24(30)25-21)19-13-18(15-31-22(28)16-7-3-1-4-8-16)20(14-19)32-23(29)17-9-5-2-6-10-17/h1-12,18-20H,13-15H2,(H,25,27,30)/t18-,19-,20+/m1/s1. The second kappa shape index (κ2) is 9.47. The zero-order valence-electron chi connectivity index (χ0n) is 17.2. The Labute approximate surface area is 183 Å². The van der Waals surface area contributed by atoms with Crippen LogP contribution in [0.15, 0.2) is 82.5 Å². The Hall–Kier alpha value is -3.94. The highest BCUT2D eigenvalue weighted by Gasteiger charge is 2.39. The van der Waals surface area contributed by atoms with Gasteiger partial charge in [0.05, 0.1) is 17.7 Å². The van der Waals surface area contributed by atoms with Crippen LogP contribution in [0.1, 0.15) is 39.6 Å². The van der Waals surface area contributed by atoms with Gasteiger partial charge in [-0.2, -0.15) is 0 Å². The van der Waals surface area contributed by atoms with Crippen LogP contribution >= 0.6 is 0 Å². The number of carbonyl (C=O) groups excluding carboxylic acids is 2. The molecule has 3 atom stereocenters. The average Bonchev–Trinajstić information content (AvgIpc) is 3.20. The SMILES string of the molecule is O=C(OC[C@H]1C[C@@H](n2ccc(=O)[nH]c2=O)C[C@@H]1OC(=O)c1ccccc1)c1ccccc1. The van der Waals surface area contributed by atoms with E-state index in [9.17, 15) is 19.2 Å². The van der Waals surface area contributed by atoms with Gasteiger partial charge < -0.3 is 9.47 Å². The second-order valence-electron chi connectivity index (χ2n) is 7.68. The number of rotatable bonds is 6. The van der Waals surface area contributed by atoms with Crippen LogP contribution in [0.2, 0.25) is 0 Å². The van der Waals surface area contributed by atoms with Crippen LogP contribution < -0.4 is 11.2 Å². The summed E-state index contributed by atoms with van der Waals surface area (Å²) in [6.45, 7) is 0.0368. The predicted octanol–water partition coefficient (Wildman–Crippen LogP) is 2.57. The molecule has 1 aliphatic rings. The van der Waals surface area contributed by atoms with Crippen LogP contribution in [-0.2, 0) is 9.47 Å². The normalized spacial score (nSPS) is 19.9. The van der Waals surface area contributed by atoms with E-state index in [-0.39, 0.29) is 18.6 Å². The van der Waals surface area contributed by atoms with Crippen LogP contribution in [0.3, 0.4) is 0 Å². The maximum absolute atomic E-state index is 12.6. The van der Waals surface area contributed by atoms with E-state index in [2.05, 4.69) is 4.98 Å². The van der Waals surface area contributed by atoms with Crippen LogP contribution in [0.25, 0.3) is 0 Å². The van der Waals surface area contributed by atoms with Crippen molar-refractivity contribution < 1.29 is 19.1 Å². The Morgan fingerprint density at radius 1 is 0.875 bits per heavy atom. The summed E-state index contributed by atoms with van der Waals surface area (Å²) in [7, 11) is 0. The first-order valence-corrected chi connectivity index (χ1v) is 10.3. The molecule has 1 saturated carbocycles. The molecule has 0 bridgehead atoms. The fraction of sp³-hybridized carbons (Fsp3) is 0.250. The maximum atomic E-state index is 12.6. The molecule has 0 unspecified atom stereocenters. The van der Waals surface area contributed by atoms with Gasteiger partial charge in [0.2, 0.25) is 0 Å². The molecule has 1 heterocycles. The van der Waals surface area contributed by atoms with Crippen molar-refractivity contribution in [1.82, 2.24) is 9.55 Å². The number of hydrogen-bond acceptors (Lipinski definition) is 6. The van der Waals surface area contributed by atoms with Gasteiger partial charge in [0.15, 0.2) is 0 Å². The number of benzene rings is 2.